The zero-order valence-corrected chi connectivity index (χ0v) is 12.0. The molecule has 96 valence electrons. The van der Waals surface area contributed by atoms with Gasteiger partial charge >= 0.3 is 0 Å². The summed E-state index contributed by atoms with van der Waals surface area (Å²) in [7, 11) is 0. The van der Waals surface area contributed by atoms with Gasteiger partial charge in [0, 0.05) is 11.6 Å². The number of nitrogen functional groups attached to an aromatic ring is 2. The predicted molar refractivity (Wildman–Crippen MR) is 80.0 cm³/mol. The Morgan fingerprint density at radius 1 is 1.21 bits per heavy atom. The van der Waals surface area contributed by atoms with Gasteiger partial charge in [0.25, 0.3) is 0 Å². The van der Waals surface area contributed by atoms with E-state index < -0.39 is 0 Å². The molecule has 0 amide bonds. The maximum atomic E-state index is 6.18. The molecule has 1 aromatic carbocycles. The zero-order valence-electron chi connectivity index (χ0n) is 9.64. The molecule has 0 aliphatic rings. The minimum atomic E-state index is 0.344. The molecule has 4 N–H and O–H groups in total. The summed E-state index contributed by atoms with van der Waals surface area (Å²) in [5, 5.41) is 5.04. The van der Waals surface area contributed by atoms with Crippen LogP contribution in [0.3, 0.4) is 0 Å². The van der Waals surface area contributed by atoms with E-state index in [0.29, 0.717) is 32.5 Å². The first-order chi connectivity index (χ1) is 9.08. The van der Waals surface area contributed by atoms with Crippen LogP contribution in [0.25, 0.3) is 16.9 Å². The van der Waals surface area contributed by atoms with Crippen molar-refractivity contribution in [3.8, 4) is 11.3 Å². The molecule has 0 saturated carbocycles. The second-order valence-corrected chi connectivity index (χ2v) is 5.18. The van der Waals surface area contributed by atoms with Gasteiger partial charge in [0.05, 0.1) is 9.50 Å². The third-order valence-corrected chi connectivity index (χ3v) is 3.77. The molecule has 0 fully saturated rings. The van der Waals surface area contributed by atoms with Crippen LogP contribution in [0, 0.1) is 0 Å². The van der Waals surface area contributed by atoms with Crippen LogP contribution in [0.4, 0.5) is 11.6 Å². The number of nitrogens with zero attached hydrogens (tertiary/aromatic N) is 3. The van der Waals surface area contributed by atoms with Crippen LogP contribution >= 0.6 is 27.5 Å². The maximum Gasteiger partial charge on any atom is 0.174 e. The van der Waals surface area contributed by atoms with Gasteiger partial charge in [0.15, 0.2) is 5.65 Å². The Morgan fingerprint density at radius 2 is 1.95 bits per heavy atom. The quantitative estimate of drug-likeness (QED) is 0.714. The lowest BCUT2D eigenvalue weighted by Crippen LogP contribution is -2.02. The monoisotopic (exact) mass is 337 g/mol. The third-order valence-electron chi connectivity index (χ3n) is 2.71. The molecule has 2 aromatic heterocycles. The van der Waals surface area contributed by atoms with Crippen LogP contribution in [0.1, 0.15) is 0 Å². The zero-order chi connectivity index (χ0) is 13.6. The van der Waals surface area contributed by atoms with E-state index in [2.05, 4.69) is 26.0 Å². The van der Waals surface area contributed by atoms with Gasteiger partial charge in [-0.3, -0.25) is 0 Å². The first-order valence-electron chi connectivity index (χ1n) is 5.43. The van der Waals surface area contributed by atoms with Gasteiger partial charge in [-0.25, -0.2) is 4.98 Å². The van der Waals surface area contributed by atoms with Crippen LogP contribution < -0.4 is 11.5 Å². The summed E-state index contributed by atoms with van der Waals surface area (Å²) >= 11 is 9.66. The Kier molecular flexibility index (Phi) is 2.83. The minimum absolute atomic E-state index is 0.344. The van der Waals surface area contributed by atoms with Crippen LogP contribution in [0.2, 0.25) is 5.02 Å². The Hall–Kier alpha value is -1.79. The van der Waals surface area contributed by atoms with Crippen molar-refractivity contribution < 1.29 is 0 Å². The van der Waals surface area contributed by atoms with E-state index in [0.717, 1.165) is 5.56 Å². The number of aromatic nitrogens is 3. The number of fused-ring (bicyclic) bond motifs is 1. The van der Waals surface area contributed by atoms with Crippen LogP contribution in [-0.2, 0) is 0 Å². The summed E-state index contributed by atoms with van der Waals surface area (Å²) < 4.78 is 2.23. The largest absolute Gasteiger partial charge is 0.384 e. The van der Waals surface area contributed by atoms with Gasteiger partial charge in [0.2, 0.25) is 0 Å². The highest BCUT2D eigenvalue weighted by molar-refractivity contribution is 9.10. The highest BCUT2D eigenvalue weighted by Crippen LogP contribution is 2.35. The van der Waals surface area contributed by atoms with E-state index in [4.69, 9.17) is 23.1 Å². The molecule has 0 unspecified atom stereocenters. The van der Waals surface area contributed by atoms with E-state index in [-0.39, 0.29) is 0 Å². The van der Waals surface area contributed by atoms with E-state index >= 15 is 0 Å². The lowest BCUT2D eigenvalue weighted by atomic mass is 10.1. The topological polar surface area (TPSA) is 82.2 Å². The Bertz CT molecular complexity index is 783. The summed E-state index contributed by atoms with van der Waals surface area (Å²) in [6, 6.07) is 9.00. The standard InChI is InChI=1S/C12H9BrClN5/c13-10-11(6-3-1-2-4-7(6)14)18-19-9(16)5-8(15)17-12(10)19/h1-5H,16H2,(H2,15,17). The Labute approximate surface area is 122 Å². The molecule has 0 spiro atoms. The van der Waals surface area contributed by atoms with Gasteiger partial charge < -0.3 is 11.5 Å². The van der Waals surface area contributed by atoms with Crippen molar-refractivity contribution in [2.75, 3.05) is 11.5 Å². The highest BCUT2D eigenvalue weighted by Gasteiger charge is 2.17. The van der Waals surface area contributed by atoms with Crippen molar-refractivity contribution in [2.24, 2.45) is 0 Å². The SMILES string of the molecule is Nc1cc(N)n2nc(-c3ccccc3Cl)c(Br)c2n1. The van der Waals surface area contributed by atoms with E-state index in [1.165, 1.54) is 4.52 Å². The van der Waals surface area contributed by atoms with Crippen molar-refractivity contribution in [3.05, 3.63) is 39.8 Å². The van der Waals surface area contributed by atoms with Crippen molar-refractivity contribution in [3.63, 3.8) is 0 Å². The molecule has 0 saturated heterocycles. The van der Waals surface area contributed by atoms with Gasteiger partial charge in [-0.05, 0) is 22.0 Å². The molecule has 0 bridgehead atoms. The van der Waals surface area contributed by atoms with Crippen LogP contribution in [-0.4, -0.2) is 14.6 Å². The number of halogens is 2. The summed E-state index contributed by atoms with van der Waals surface area (Å²) in [4.78, 5) is 4.22. The van der Waals surface area contributed by atoms with Crippen LogP contribution in [0.15, 0.2) is 34.8 Å². The molecule has 3 aromatic rings. The smallest absolute Gasteiger partial charge is 0.174 e. The molecule has 0 radical (unpaired) electrons. The van der Waals surface area contributed by atoms with Crippen molar-refractivity contribution in [1.29, 1.82) is 0 Å². The van der Waals surface area contributed by atoms with E-state index in [1.807, 2.05) is 18.2 Å². The summed E-state index contributed by atoms with van der Waals surface area (Å²) in [6.07, 6.45) is 0. The lowest BCUT2D eigenvalue weighted by molar-refractivity contribution is 0.958. The molecule has 0 aliphatic heterocycles. The number of nitrogens with two attached hydrogens (primary N) is 2. The van der Waals surface area contributed by atoms with E-state index in [1.54, 1.807) is 12.1 Å². The average Bonchev–Trinajstić information content (AvgIpc) is 2.68. The fraction of sp³-hybridized carbons (Fsp3) is 0. The fourth-order valence-electron chi connectivity index (χ4n) is 1.86. The number of hydrogen-bond donors (Lipinski definition) is 2. The first-order valence-corrected chi connectivity index (χ1v) is 6.60. The molecule has 0 aliphatic carbocycles. The average molecular weight is 339 g/mol. The first kappa shape index (κ1) is 12.3. The van der Waals surface area contributed by atoms with Gasteiger partial charge in [-0.1, -0.05) is 29.8 Å². The molecule has 19 heavy (non-hydrogen) atoms. The summed E-state index contributed by atoms with van der Waals surface area (Å²) in [5.41, 5.74) is 13.6. The number of rotatable bonds is 1. The van der Waals surface area contributed by atoms with Crippen molar-refractivity contribution in [2.45, 2.75) is 0 Å². The molecule has 5 nitrogen and oxygen atoms in total. The Morgan fingerprint density at radius 3 is 2.68 bits per heavy atom. The molecule has 7 heteroatoms. The summed E-state index contributed by atoms with van der Waals surface area (Å²) in [5.74, 6) is 0.762. The molecular weight excluding hydrogens is 330 g/mol. The predicted octanol–water partition coefficient (Wildman–Crippen LogP) is 2.98. The van der Waals surface area contributed by atoms with Gasteiger partial charge in [-0.15, -0.1) is 0 Å². The third kappa shape index (κ3) is 1.93. The summed E-state index contributed by atoms with van der Waals surface area (Å²) in [6.45, 7) is 0. The van der Waals surface area contributed by atoms with Crippen LogP contribution in [0.5, 0.6) is 0 Å². The molecule has 3 rings (SSSR count). The Balaban J connectivity index is 2.35. The molecule has 0 atom stereocenters. The van der Waals surface area contributed by atoms with Crippen molar-refractivity contribution >= 4 is 44.8 Å². The minimum Gasteiger partial charge on any atom is -0.384 e. The normalized spacial score (nSPS) is 11.1. The second-order valence-electron chi connectivity index (χ2n) is 3.98. The maximum absolute atomic E-state index is 6.18. The van der Waals surface area contributed by atoms with Crippen molar-refractivity contribution in [1.82, 2.24) is 14.6 Å². The van der Waals surface area contributed by atoms with Gasteiger partial charge in [0.1, 0.15) is 17.3 Å². The molecule has 2 heterocycles. The number of hydrogen-bond acceptors (Lipinski definition) is 4. The van der Waals surface area contributed by atoms with Gasteiger partial charge in [-0.2, -0.15) is 9.61 Å². The highest BCUT2D eigenvalue weighted by atomic mass is 79.9. The van der Waals surface area contributed by atoms with E-state index in [9.17, 15) is 0 Å². The second kappa shape index (κ2) is 4.40. The fourth-order valence-corrected chi connectivity index (χ4v) is 2.63. The lowest BCUT2D eigenvalue weighted by Gasteiger charge is -1.99. The number of anilines is 2. The number of benzene rings is 1. The molecular formula is C12H9BrClN5.